The first-order valence-corrected chi connectivity index (χ1v) is 9.26. The monoisotopic (exact) mass is 412 g/mol. The van der Waals surface area contributed by atoms with E-state index in [2.05, 4.69) is 5.32 Å². The summed E-state index contributed by atoms with van der Waals surface area (Å²) in [5.74, 6) is 0.423. The van der Waals surface area contributed by atoms with E-state index in [-0.39, 0.29) is 10.7 Å². The average Bonchev–Trinajstić information content (AvgIpc) is 2.72. The number of amides is 2. The number of anilines is 1. The fourth-order valence-corrected chi connectivity index (χ4v) is 3.18. The van der Waals surface area contributed by atoms with E-state index in [9.17, 15) is 9.59 Å². The number of para-hydroxylation sites is 2. The summed E-state index contributed by atoms with van der Waals surface area (Å²) in [6, 6.07) is 12.1. The molecule has 0 aromatic heterocycles. The molecule has 1 fully saturated rings. The molecule has 1 N–H and O–H groups in total. The maximum absolute atomic E-state index is 13.1. The van der Waals surface area contributed by atoms with E-state index in [1.807, 2.05) is 6.92 Å². The smallest absolute Gasteiger partial charge is 0.270 e. The summed E-state index contributed by atoms with van der Waals surface area (Å²) in [6.45, 7) is 2.36. The largest absolute Gasteiger partial charge is 0.495 e. The molecule has 29 heavy (non-hydrogen) atoms. The van der Waals surface area contributed by atoms with Gasteiger partial charge < -0.3 is 14.2 Å². The van der Waals surface area contributed by atoms with Gasteiger partial charge in [-0.3, -0.25) is 14.9 Å². The lowest BCUT2D eigenvalue weighted by molar-refractivity contribution is -0.122. The zero-order valence-electron chi connectivity index (χ0n) is 16.2. The molecule has 0 saturated carbocycles. The Kier molecular flexibility index (Phi) is 6.13. The molecule has 0 bridgehead atoms. The first kappa shape index (κ1) is 20.3. The van der Waals surface area contributed by atoms with Crippen LogP contribution in [-0.4, -0.2) is 37.8 Å². The molecule has 0 aliphatic carbocycles. The molecule has 1 aliphatic heterocycles. The molecule has 2 amide bonds. The zero-order valence-corrected chi connectivity index (χ0v) is 17.0. The van der Waals surface area contributed by atoms with Crippen molar-refractivity contribution in [2.24, 2.45) is 0 Å². The molecule has 2 aromatic rings. The second-order valence-electron chi connectivity index (χ2n) is 5.97. The summed E-state index contributed by atoms with van der Waals surface area (Å²) in [5, 5.41) is 2.55. The van der Waals surface area contributed by atoms with Crippen molar-refractivity contribution in [1.82, 2.24) is 5.32 Å². The number of rotatable bonds is 6. The number of methoxy groups -OCH3 is 2. The molecule has 2 aromatic carbocycles. The lowest BCUT2D eigenvalue weighted by Gasteiger charge is -2.29. The number of thiocarbonyl (C=S) groups is 1. The van der Waals surface area contributed by atoms with Gasteiger partial charge >= 0.3 is 0 Å². The first-order chi connectivity index (χ1) is 14.0. The van der Waals surface area contributed by atoms with Crippen molar-refractivity contribution in [1.29, 1.82) is 0 Å². The normalized spacial score (nSPS) is 15.3. The Balaban J connectivity index is 2.02. The highest BCUT2D eigenvalue weighted by Crippen LogP contribution is 2.32. The van der Waals surface area contributed by atoms with E-state index in [4.69, 9.17) is 26.4 Å². The highest BCUT2D eigenvalue weighted by atomic mass is 32.1. The fourth-order valence-electron chi connectivity index (χ4n) is 2.91. The molecule has 1 heterocycles. The minimum atomic E-state index is -0.570. The molecule has 150 valence electrons. The highest BCUT2D eigenvalue weighted by Gasteiger charge is 2.35. The molecule has 0 atom stereocenters. The fraction of sp³-hybridized carbons (Fsp3) is 0.190. The third-order valence-corrected chi connectivity index (χ3v) is 4.51. The van der Waals surface area contributed by atoms with Gasteiger partial charge in [0, 0.05) is 0 Å². The van der Waals surface area contributed by atoms with Gasteiger partial charge in [0.05, 0.1) is 26.5 Å². The number of nitrogens with one attached hydrogen (secondary N) is 1. The molecule has 0 spiro atoms. The van der Waals surface area contributed by atoms with Crippen LogP contribution in [0.15, 0.2) is 48.0 Å². The minimum Gasteiger partial charge on any atom is -0.495 e. The van der Waals surface area contributed by atoms with Gasteiger partial charge in [0.1, 0.15) is 11.3 Å². The third-order valence-electron chi connectivity index (χ3n) is 4.23. The number of carbonyl (C=O) groups is 2. The average molecular weight is 412 g/mol. The Labute approximate surface area is 173 Å². The molecule has 1 saturated heterocycles. The third kappa shape index (κ3) is 4.07. The van der Waals surface area contributed by atoms with Crippen LogP contribution in [0.1, 0.15) is 12.5 Å². The molecular formula is C21H20N2O5S. The van der Waals surface area contributed by atoms with Gasteiger partial charge in [-0.25, -0.2) is 4.90 Å². The summed E-state index contributed by atoms with van der Waals surface area (Å²) in [7, 11) is 3.02. The van der Waals surface area contributed by atoms with Crippen LogP contribution >= 0.6 is 12.2 Å². The van der Waals surface area contributed by atoms with E-state index in [1.54, 1.807) is 42.5 Å². The van der Waals surface area contributed by atoms with Crippen LogP contribution in [0.3, 0.4) is 0 Å². The second kappa shape index (κ2) is 8.74. The summed E-state index contributed by atoms with van der Waals surface area (Å²) in [5.41, 5.74) is 0.993. The van der Waals surface area contributed by atoms with Gasteiger partial charge in [0.15, 0.2) is 16.6 Å². The van der Waals surface area contributed by atoms with Gasteiger partial charge in [-0.2, -0.15) is 0 Å². The number of hydrogen-bond acceptors (Lipinski definition) is 6. The van der Waals surface area contributed by atoms with Crippen molar-refractivity contribution in [2.75, 3.05) is 25.7 Å². The Bertz CT molecular complexity index is 1000. The Morgan fingerprint density at radius 2 is 1.76 bits per heavy atom. The standard InChI is InChI=1S/C21H20N2O5S/c1-4-28-17-10-9-13(12-18(17)27-3)11-14-19(24)22-21(29)23(20(14)25)15-7-5-6-8-16(15)26-2/h5-12H,4H2,1-3H3,(H,22,24,29)/b14-11+. The van der Waals surface area contributed by atoms with Gasteiger partial charge in [-0.05, 0) is 55.0 Å². The molecule has 3 rings (SSSR count). The Morgan fingerprint density at radius 3 is 2.45 bits per heavy atom. The van der Waals surface area contributed by atoms with Crippen LogP contribution in [0, 0.1) is 0 Å². The van der Waals surface area contributed by atoms with E-state index in [1.165, 1.54) is 25.2 Å². The van der Waals surface area contributed by atoms with E-state index < -0.39 is 11.8 Å². The van der Waals surface area contributed by atoms with Crippen molar-refractivity contribution in [3.8, 4) is 17.2 Å². The lowest BCUT2D eigenvalue weighted by atomic mass is 10.1. The van der Waals surface area contributed by atoms with Gasteiger partial charge in [-0.1, -0.05) is 18.2 Å². The van der Waals surface area contributed by atoms with Crippen molar-refractivity contribution < 1.29 is 23.8 Å². The van der Waals surface area contributed by atoms with Crippen molar-refractivity contribution in [2.45, 2.75) is 6.92 Å². The molecule has 8 heteroatoms. The van der Waals surface area contributed by atoms with Crippen molar-refractivity contribution in [3.63, 3.8) is 0 Å². The zero-order chi connectivity index (χ0) is 21.0. The number of benzene rings is 2. The maximum atomic E-state index is 13.1. The van der Waals surface area contributed by atoms with Crippen LogP contribution in [-0.2, 0) is 9.59 Å². The maximum Gasteiger partial charge on any atom is 0.270 e. The summed E-state index contributed by atoms with van der Waals surface area (Å²) in [6.07, 6.45) is 1.49. The van der Waals surface area contributed by atoms with Crippen LogP contribution in [0.2, 0.25) is 0 Å². The van der Waals surface area contributed by atoms with Crippen LogP contribution < -0.4 is 24.4 Å². The quantitative estimate of drug-likeness (QED) is 0.447. The number of hydrogen-bond donors (Lipinski definition) is 1. The molecular weight excluding hydrogens is 392 g/mol. The summed E-state index contributed by atoms with van der Waals surface area (Å²) >= 11 is 5.23. The second-order valence-corrected chi connectivity index (χ2v) is 6.36. The SMILES string of the molecule is CCOc1ccc(/C=C2\C(=O)NC(=S)N(c3ccccc3OC)C2=O)cc1OC. The first-order valence-electron chi connectivity index (χ1n) is 8.85. The summed E-state index contributed by atoms with van der Waals surface area (Å²) in [4.78, 5) is 26.9. The molecule has 0 unspecified atom stereocenters. The van der Waals surface area contributed by atoms with Crippen LogP contribution in [0.4, 0.5) is 5.69 Å². The highest BCUT2D eigenvalue weighted by molar-refractivity contribution is 7.80. The van der Waals surface area contributed by atoms with Gasteiger partial charge in [0.2, 0.25) is 0 Å². The summed E-state index contributed by atoms with van der Waals surface area (Å²) < 4.78 is 16.2. The lowest BCUT2D eigenvalue weighted by Crippen LogP contribution is -2.54. The predicted octanol–water partition coefficient (Wildman–Crippen LogP) is 2.93. The number of nitrogens with zero attached hydrogens (tertiary/aromatic N) is 1. The van der Waals surface area contributed by atoms with Crippen LogP contribution in [0.25, 0.3) is 6.08 Å². The van der Waals surface area contributed by atoms with Crippen LogP contribution in [0.5, 0.6) is 17.2 Å². The minimum absolute atomic E-state index is 0.00840. The number of carbonyl (C=O) groups excluding carboxylic acids is 2. The topological polar surface area (TPSA) is 77.1 Å². The predicted molar refractivity (Wildman–Crippen MR) is 113 cm³/mol. The van der Waals surface area contributed by atoms with Gasteiger partial charge in [-0.15, -0.1) is 0 Å². The Hall–Kier alpha value is -3.39. The van der Waals surface area contributed by atoms with Crippen molar-refractivity contribution >= 4 is 40.9 Å². The van der Waals surface area contributed by atoms with Crippen molar-refractivity contribution in [3.05, 3.63) is 53.6 Å². The van der Waals surface area contributed by atoms with E-state index in [0.29, 0.717) is 35.1 Å². The molecule has 0 radical (unpaired) electrons. The Morgan fingerprint density at radius 1 is 1.03 bits per heavy atom. The van der Waals surface area contributed by atoms with E-state index >= 15 is 0 Å². The number of ether oxygens (including phenoxy) is 3. The van der Waals surface area contributed by atoms with E-state index in [0.717, 1.165) is 0 Å². The molecule has 1 aliphatic rings. The molecule has 7 nitrogen and oxygen atoms in total. The van der Waals surface area contributed by atoms with Gasteiger partial charge in [0.25, 0.3) is 11.8 Å².